The van der Waals surface area contributed by atoms with Crippen molar-refractivity contribution in [1.82, 2.24) is 0 Å². The number of carbonyl (C=O) groups is 1. The van der Waals surface area contributed by atoms with E-state index < -0.39 is 9.84 Å². The smallest absolute Gasteiger partial charge is 0.244 e. The molecule has 2 fully saturated rings. The summed E-state index contributed by atoms with van der Waals surface area (Å²) >= 11 is 7.55. The largest absolute Gasteiger partial charge is 0.315 e. The second-order valence-electron chi connectivity index (χ2n) is 5.47. The number of fused-ring (bicyclic) bond motifs is 1. The van der Waals surface area contributed by atoms with Gasteiger partial charge in [-0.2, -0.15) is 4.99 Å². The van der Waals surface area contributed by atoms with Crippen LogP contribution in [0.2, 0.25) is 5.02 Å². The Morgan fingerprint density at radius 2 is 2.14 bits per heavy atom. The Bertz CT molecular complexity index is 776. The molecule has 0 bridgehead atoms. The molecule has 2 heterocycles. The summed E-state index contributed by atoms with van der Waals surface area (Å²) in [6.45, 7) is 3.27. The summed E-state index contributed by atoms with van der Waals surface area (Å²) in [4.78, 5) is 17.3. The summed E-state index contributed by atoms with van der Waals surface area (Å²) in [6.07, 6.45) is 0. The molecule has 2 atom stereocenters. The highest BCUT2D eigenvalue weighted by Crippen LogP contribution is 2.42. The predicted molar refractivity (Wildman–Crippen MR) is 90.6 cm³/mol. The van der Waals surface area contributed by atoms with Gasteiger partial charge in [-0.3, -0.25) is 4.79 Å². The van der Waals surface area contributed by atoms with Gasteiger partial charge in [0.05, 0.1) is 17.5 Å². The van der Waals surface area contributed by atoms with Crippen LogP contribution in [0.4, 0.5) is 5.69 Å². The molecule has 3 rings (SSSR count). The number of carbonyl (C=O) groups excluding carboxylic acids is 1. The Morgan fingerprint density at radius 3 is 2.82 bits per heavy atom. The van der Waals surface area contributed by atoms with Crippen LogP contribution in [-0.4, -0.2) is 42.3 Å². The molecule has 0 spiro atoms. The summed E-state index contributed by atoms with van der Waals surface area (Å²) in [5.41, 5.74) is 1.66. The standard InChI is InChI=1S/C14H15ClN2O3S2/c1-8-10(15)4-3-5-11(8)17-12-6-22(19,20)7-13(12)21-14(17)16-9(2)18/h3-5,12-13H,6-7H2,1-2H3/t12-,13-/m0/s1. The first-order valence-electron chi connectivity index (χ1n) is 6.79. The lowest BCUT2D eigenvalue weighted by Crippen LogP contribution is -2.38. The van der Waals surface area contributed by atoms with Gasteiger partial charge in [0.2, 0.25) is 5.91 Å². The number of thioether (sulfide) groups is 1. The van der Waals surface area contributed by atoms with Crippen molar-refractivity contribution in [3.05, 3.63) is 28.8 Å². The zero-order valence-electron chi connectivity index (χ0n) is 12.1. The first kappa shape index (κ1) is 15.8. The van der Waals surface area contributed by atoms with Crippen LogP contribution in [0, 0.1) is 6.92 Å². The third-order valence-electron chi connectivity index (χ3n) is 3.82. The van der Waals surface area contributed by atoms with Crippen molar-refractivity contribution < 1.29 is 13.2 Å². The lowest BCUT2D eigenvalue weighted by Gasteiger charge is -2.26. The third-order valence-corrected chi connectivity index (χ3v) is 7.44. The Morgan fingerprint density at radius 1 is 1.41 bits per heavy atom. The molecule has 0 saturated carbocycles. The Kier molecular flexibility index (Phi) is 3.99. The number of aliphatic imine (C=N–C) groups is 1. The third kappa shape index (κ3) is 2.77. The summed E-state index contributed by atoms with van der Waals surface area (Å²) in [5.74, 6) is -0.0989. The quantitative estimate of drug-likeness (QED) is 0.770. The molecule has 2 aliphatic rings. The topological polar surface area (TPSA) is 66.8 Å². The van der Waals surface area contributed by atoms with Gasteiger partial charge in [0.1, 0.15) is 0 Å². The van der Waals surface area contributed by atoms with E-state index in [0.717, 1.165) is 11.3 Å². The van der Waals surface area contributed by atoms with Gasteiger partial charge in [-0.25, -0.2) is 8.42 Å². The summed E-state index contributed by atoms with van der Waals surface area (Å²) < 4.78 is 23.9. The molecule has 1 amide bonds. The highest BCUT2D eigenvalue weighted by atomic mass is 35.5. The molecule has 118 valence electrons. The number of benzene rings is 1. The number of anilines is 1. The van der Waals surface area contributed by atoms with Crippen LogP contribution in [-0.2, 0) is 14.6 Å². The average molecular weight is 359 g/mol. The average Bonchev–Trinajstić information content (AvgIpc) is 2.84. The minimum atomic E-state index is -3.06. The van der Waals surface area contributed by atoms with E-state index in [9.17, 15) is 13.2 Å². The number of amidine groups is 1. The molecular formula is C14H15ClN2O3S2. The van der Waals surface area contributed by atoms with Crippen LogP contribution in [0.5, 0.6) is 0 Å². The Labute approximate surface area is 138 Å². The van der Waals surface area contributed by atoms with Crippen LogP contribution >= 0.6 is 23.4 Å². The number of nitrogens with zero attached hydrogens (tertiary/aromatic N) is 2. The van der Waals surface area contributed by atoms with Gasteiger partial charge in [-0.05, 0) is 24.6 Å². The number of hydrogen-bond acceptors (Lipinski definition) is 4. The van der Waals surface area contributed by atoms with E-state index >= 15 is 0 Å². The van der Waals surface area contributed by atoms with Gasteiger partial charge in [-0.1, -0.05) is 29.4 Å². The number of hydrogen-bond donors (Lipinski definition) is 0. The van der Waals surface area contributed by atoms with Crippen LogP contribution < -0.4 is 4.90 Å². The summed E-state index contributed by atoms with van der Waals surface area (Å²) in [7, 11) is -3.06. The molecule has 0 radical (unpaired) electrons. The van der Waals surface area contributed by atoms with E-state index in [4.69, 9.17) is 11.6 Å². The van der Waals surface area contributed by atoms with Crippen molar-refractivity contribution in [3.8, 4) is 0 Å². The molecule has 0 N–H and O–H groups in total. The second-order valence-corrected chi connectivity index (χ2v) is 9.24. The number of sulfone groups is 1. The van der Waals surface area contributed by atoms with E-state index in [2.05, 4.69) is 4.99 Å². The van der Waals surface area contributed by atoms with Crippen LogP contribution in [0.3, 0.4) is 0 Å². The highest BCUT2D eigenvalue weighted by Gasteiger charge is 2.49. The van der Waals surface area contributed by atoms with Gasteiger partial charge < -0.3 is 4.90 Å². The maximum absolute atomic E-state index is 11.9. The maximum atomic E-state index is 11.9. The second kappa shape index (κ2) is 5.54. The van der Waals surface area contributed by atoms with Gasteiger partial charge in [0.25, 0.3) is 0 Å². The van der Waals surface area contributed by atoms with Crippen molar-refractivity contribution in [1.29, 1.82) is 0 Å². The predicted octanol–water partition coefficient (Wildman–Crippen LogP) is 2.27. The van der Waals surface area contributed by atoms with E-state index in [1.807, 2.05) is 24.0 Å². The fourth-order valence-corrected chi connectivity index (χ4v) is 6.96. The fraction of sp³-hybridized carbons (Fsp3) is 0.429. The summed E-state index contributed by atoms with van der Waals surface area (Å²) in [5, 5.41) is 1.07. The minimum Gasteiger partial charge on any atom is -0.315 e. The van der Waals surface area contributed by atoms with Crippen molar-refractivity contribution in [2.75, 3.05) is 16.4 Å². The van der Waals surface area contributed by atoms with E-state index in [1.54, 1.807) is 6.07 Å². The lowest BCUT2D eigenvalue weighted by atomic mass is 10.1. The Balaban J connectivity index is 2.10. The first-order chi connectivity index (χ1) is 10.3. The molecule has 1 aromatic rings. The van der Waals surface area contributed by atoms with Crippen LogP contribution in [0.15, 0.2) is 23.2 Å². The van der Waals surface area contributed by atoms with Crippen LogP contribution in [0.25, 0.3) is 0 Å². The zero-order chi connectivity index (χ0) is 16.1. The molecule has 5 nitrogen and oxygen atoms in total. The molecule has 0 aromatic heterocycles. The van der Waals surface area contributed by atoms with Gasteiger partial charge in [-0.15, -0.1) is 0 Å². The highest BCUT2D eigenvalue weighted by molar-refractivity contribution is 8.16. The molecule has 8 heteroatoms. The van der Waals surface area contributed by atoms with Crippen molar-refractivity contribution >= 4 is 50.0 Å². The Hall–Kier alpha value is -1.05. The van der Waals surface area contributed by atoms with E-state index in [-0.39, 0.29) is 28.7 Å². The van der Waals surface area contributed by atoms with Gasteiger partial charge in [0, 0.05) is 22.9 Å². The normalized spacial score (nSPS) is 28.1. The minimum absolute atomic E-state index is 0.0769. The van der Waals surface area contributed by atoms with Crippen LogP contribution in [0.1, 0.15) is 12.5 Å². The number of amides is 1. The molecule has 2 aliphatic heterocycles. The molecule has 0 unspecified atom stereocenters. The van der Waals surface area contributed by atoms with E-state index in [1.165, 1.54) is 18.7 Å². The molecular weight excluding hydrogens is 344 g/mol. The molecule has 0 aliphatic carbocycles. The lowest BCUT2D eigenvalue weighted by molar-refractivity contribution is -0.115. The first-order valence-corrected chi connectivity index (χ1v) is 9.87. The SMILES string of the molecule is CC(=O)N=C1S[C@H]2CS(=O)(=O)C[C@@H]2N1c1cccc(Cl)c1C. The zero-order valence-corrected chi connectivity index (χ0v) is 14.5. The van der Waals surface area contributed by atoms with E-state index in [0.29, 0.717) is 10.2 Å². The summed E-state index contributed by atoms with van der Waals surface area (Å²) in [6, 6.07) is 5.28. The molecule has 22 heavy (non-hydrogen) atoms. The van der Waals surface area contributed by atoms with Crippen molar-refractivity contribution in [2.24, 2.45) is 4.99 Å². The van der Waals surface area contributed by atoms with Crippen molar-refractivity contribution in [3.63, 3.8) is 0 Å². The maximum Gasteiger partial charge on any atom is 0.244 e. The van der Waals surface area contributed by atoms with Crippen molar-refractivity contribution in [2.45, 2.75) is 25.1 Å². The molecule has 1 aromatic carbocycles. The monoisotopic (exact) mass is 358 g/mol. The molecule has 2 saturated heterocycles. The van der Waals surface area contributed by atoms with Gasteiger partial charge >= 0.3 is 0 Å². The number of halogens is 1. The number of rotatable bonds is 1. The fourth-order valence-electron chi connectivity index (χ4n) is 2.84. The van der Waals surface area contributed by atoms with Gasteiger partial charge in [0.15, 0.2) is 15.0 Å².